The van der Waals surface area contributed by atoms with Crippen molar-refractivity contribution in [2.24, 2.45) is 0 Å². The molecule has 8 heteroatoms. The van der Waals surface area contributed by atoms with Crippen molar-refractivity contribution in [1.29, 1.82) is 0 Å². The van der Waals surface area contributed by atoms with Crippen LogP contribution in [-0.4, -0.2) is 21.2 Å². The highest BCUT2D eigenvalue weighted by Gasteiger charge is 2.15. The topological polar surface area (TPSA) is 64.0 Å². The number of thioether (sulfide) groups is 1. The van der Waals surface area contributed by atoms with Crippen LogP contribution in [0.5, 0.6) is 0 Å². The van der Waals surface area contributed by atoms with Crippen LogP contribution in [0.4, 0.5) is 5.69 Å². The second-order valence-electron chi connectivity index (χ2n) is 6.73. The first-order valence-corrected chi connectivity index (χ1v) is 11.5. The lowest BCUT2D eigenvalue weighted by atomic mass is 10.2. The number of aryl methyl sites for hydroxylation is 1. The average molecular weight is 456 g/mol. The van der Waals surface area contributed by atoms with Crippen LogP contribution in [0.25, 0.3) is 10.2 Å². The Morgan fingerprint density at radius 3 is 2.77 bits per heavy atom. The van der Waals surface area contributed by atoms with Crippen molar-refractivity contribution in [3.05, 3.63) is 86.5 Å². The molecule has 0 saturated carbocycles. The van der Waals surface area contributed by atoms with Gasteiger partial charge in [-0.2, -0.15) is 0 Å². The minimum absolute atomic E-state index is 0.0941. The number of aromatic nitrogens is 2. The normalized spacial score (nSPS) is 11.0. The molecule has 2 aromatic heterocycles. The standard InChI is InChI=1S/C22H18ClN3O2S2/c1-14-7-8-17(16(23)11-14)24-19(27)13-30-22-25-18-9-10-29-20(18)21(28)26(22)12-15-5-3-2-4-6-15/h2-11H,12-13H2,1H3,(H,24,27). The quantitative estimate of drug-likeness (QED) is 0.320. The smallest absolute Gasteiger partial charge is 0.272 e. The number of thiophene rings is 1. The van der Waals surface area contributed by atoms with Gasteiger partial charge in [0.15, 0.2) is 5.16 Å². The van der Waals surface area contributed by atoms with Gasteiger partial charge < -0.3 is 5.32 Å². The van der Waals surface area contributed by atoms with Gasteiger partial charge in [0.05, 0.1) is 28.5 Å². The SMILES string of the molecule is Cc1ccc(NC(=O)CSc2nc3ccsc3c(=O)n2Cc2ccccc2)c(Cl)c1. The maximum absolute atomic E-state index is 13.0. The van der Waals surface area contributed by atoms with E-state index in [9.17, 15) is 9.59 Å². The average Bonchev–Trinajstić information content (AvgIpc) is 3.20. The van der Waals surface area contributed by atoms with Crippen LogP contribution in [-0.2, 0) is 11.3 Å². The van der Waals surface area contributed by atoms with Crippen LogP contribution in [0.1, 0.15) is 11.1 Å². The molecule has 2 aromatic carbocycles. The lowest BCUT2D eigenvalue weighted by Gasteiger charge is -2.12. The number of anilines is 1. The fourth-order valence-electron chi connectivity index (χ4n) is 2.98. The molecule has 0 atom stereocenters. The molecule has 0 saturated heterocycles. The monoisotopic (exact) mass is 455 g/mol. The molecule has 0 aliphatic heterocycles. The summed E-state index contributed by atoms with van der Waals surface area (Å²) in [5, 5.41) is 5.68. The summed E-state index contributed by atoms with van der Waals surface area (Å²) in [6.07, 6.45) is 0. The van der Waals surface area contributed by atoms with E-state index < -0.39 is 0 Å². The number of hydrogen-bond acceptors (Lipinski definition) is 5. The number of carbonyl (C=O) groups excluding carboxylic acids is 1. The van der Waals surface area contributed by atoms with Crippen molar-refractivity contribution in [2.45, 2.75) is 18.6 Å². The molecule has 0 radical (unpaired) electrons. The Labute approximate surface area is 186 Å². The van der Waals surface area contributed by atoms with Crippen LogP contribution < -0.4 is 10.9 Å². The highest BCUT2D eigenvalue weighted by molar-refractivity contribution is 7.99. The number of nitrogens with zero attached hydrogens (tertiary/aromatic N) is 2. The summed E-state index contributed by atoms with van der Waals surface area (Å²) in [6, 6.07) is 17.0. The first-order valence-electron chi connectivity index (χ1n) is 9.22. The zero-order chi connectivity index (χ0) is 21.1. The fraction of sp³-hybridized carbons (Fsp3) is 0.136. The van der Waals surface area contributed by atoms with Crippen molar-refractivity contribution in [2.75, 3.05) is 11.1 Å². The Bertz CT molecular complexity index is 1270. The second kappa shape index (κ2) is 9.04. The summed E-state index contributed by atoms with van der Waals surface area (Å²) >= 11 is 8.82. The molecule has 1 amide bonds. The van der Waals surface area contributed by atoms with Crippen molar-refractivity contribution in [3.63, 3.8) is 0 Å². The summed E-state index contributed by atoms with van der Waals surface area (Å²) in [5.41, 5.74) is 3.14. The Morgan fingerprint density at radius 2 is 2.00 bits per heavy atom. The maximum Gasteiger partial charge on any atom is 0.272 e. The van der Waals surface area contributed by atoms with Gasteiger partial charge in [-0.1, -0.05) is 59.8 Å². The molecule has 5 nitrogen and oxygen atoms in total. The van der Waals surface area contributed by atoms with Crippen molar-refractivity contribution in [3.8, 4) is 0 Å². The third kappa shape index (κ3) is 4.59. The number of carbonyl (C=O) groups is 1. The third-order valence-electron chi connectivity index (χ3n) is 4.45. The number of benzene rings is 2. The second-order valence-corrected chi connectivity index (χ2v) is 8.99. The van der Waals surface area contributed by atoms with E-state index in [2.05, 4.69) is 10.3 Å². The summed E-state index contributed by atoms with van der Waals surface area (Å²) < 4.78 is 2.25. The van der Waals surface area contributed by atoms with Crippen molar-refractivity contribution < 1.29 is 4.79 Å². The van der Waals surface area contributed by atoms with E-state index >= 15 is 0 Å². The Balaban J connectivity index is 1.57. The van der Waals surface area contributed by atoms with Crippen molar-refractivity contribution >= 4 is 56.5 Å². The Hall–Kier alpha value is -2.61. The van der Waals surface area contributed by atoms with E-state index in [0.717, 1.165) is 11.1 Å². The molecule has 152 valence electrons. The number of fused-ring (bicyclic) bond motifs is 1. The van der Waals surface area contributed by atoms with E-state index in [-0.39, 0.29) is 17.2 Å². The zero-order valence-corrected chi connectivity index (χ0v) is 18.5. The highest BCUT2D eigenvalue weighted by atomic mass is 35.5. The van der Waals surface area contributed by atoms with Crippen molar-refractivity contribution in [1.82, 2.24) is 9.55 Å². The summed E-state index contributed by atoms with van der Waals surface area (Å²) in [5.74, 6) is -0.0992. The third-order valence-corrected chi connectivity index (χ3v) is 6.63. The molecule has 30 heavy (non-hydrogen) atoms. The first kappa shape index (κ1) is 20.7. The van der Waals surface area contributed by atoms with Gasteiger partial charge in [0.2, 0.25) is 5.91 Å². The molecule has 0 unspecified atom stereocenters. The first-order chi connectivity index (χ1) is 14.5. The van der Waals surface area contributed by atoms with Gasteiger partial charge in [-0.3, -0.25) is 14.2 Å². The molecule has 2 heterocycles. The van der Waals surface area contributed by atoms with Crippen LogP contribution in [0, 0.1) is 6.92 Å². The molecule has 0 spiro atoms. The van der Waals surface area contributed by atoms with E-state index in [1.807, 2.05) is 54.8 Å². The summed E-state index contributed by atoms with van der Waals surface area (Å²) in [6.45, 7) is 2.33. The van der Waals surface area contributed by atoms with E-state index in [0.29, 0.717) is 32.6 Å². The van der Waals surface area contributed by atoms with Gasteiger partial charge in [-0.25, -0.2) is 4.98 Å². The minimum atomic E-state index is -0.211. The molecule has 0 fully saturated rings. The van der Waals surface area contributed by atoms with Gasteiger partial charge in [0.1, 0.15) is 4.70 Å². The van der Waals surface area contributed by atoms with Crippen LogP contribution in [0.15, 0.2) is 69.9 Å². The number of amides is 1. The van der Waals surface area contributed by atoms with Crippen LogP contribution in [0.2, 0.25) is 5.02 Å². The van der Waals surface area contributed by atoms with E-state index in [1.54, 1.807) is 16.7 Å². The summed E-state index contributed by atoms with van der Waals surface area (Å²) in [4.78, 5) is 30.1. The molecule has 4 aromatic rings. The largest absolute Gasteiger partial charge is 0.324 e. The van der Waals surface area contributed by atoms with Crippen LogP contribution >= 0.6 is 34.7 Å². The molecule has 4 rings (SSSR count). The predicted molar refractivity (Wildman–Crippen MR) is 125 cm³/mol. The highest BCUT2D eigenvalue weighted by Crippen LogP contribution is 2.25. The van der Waals surface area contributed by atoms with Gasteiger partial charge in [-0.05, 0) is 41.6 Å². The molecule has 0 aliphatic rings. The lowest BCUT2D eigenvalue weighted by molar-refractivity contribution is -0.113. The van der Waals surface area contributed by atoms with Gasteiger partial charge >= 0.3 is 0 Å². The number of rotatable bonds is 6. The molecular formula is C22H18ClN3O2S2. The zero-order valence-electron chi connectivity index (χ0n) is 16.1. The predicted octanol–water partition coefficient (Wildman–Crippen LogP) is 5.20. The van der Waals surface area contributed by atoms with Gasteiger partial charge in [0, 0.05) is 0 Å². The Morgan fingerprint density at radius 1 is 1.20 bits per heavy atom. The maximum atomic E-state index is 13.0. The molecular weight excluding hydrogens is 438 g/mol. The fourth-order valence-corrected chi connectivity index (χ4v) is 4.84. The number of nitrogens with one attached hydrogen (secondary N) is 1. The van der Waals surface area contributed by atoms with Gasteiger partial charge in [0.25, 0.3) is 5.56 Å². The molecule has 0 aliphatic carbocycles. The minimum Gasteiger partial charge on any atom is -0.324 e. The number of hydrogen-bond donors (Lipinski definition) is 1. The molecule has 1 N–H and O–H groups in total. The summed E-state index contributed by atoms with van der Waals surface area (Å²) in [7, 11) is 0. The van der Waals surface area contributed by atoms with Gasteiger partial charge in [-0.15, -0.1) is 11.3 Å². The number of halogens is 1. The lowest BCUT2D eigenvalue weighted by Crippen LogP contribution is -2.24. The molecule has 0 bridgehead atoms. The van der Waals surface area contributed by atoms with Crippen LogP contribution in [0.3, 0.4) is 0 Å². The van der Waals surface area contributed by atoms with E-state index in [4.69, 9.17) is 11.6 Å². The van der Waals surface area contributed by atoms with E-state index in [1.165, 1.54) is 23.1 Å². The Kier molecular flexibility index (Phi) is 6.22.